The second-order valence-electron chi connectivity index (χ2n) is 15.5. The molecule has 6 nitrogen and oxygen atoms in total. The van der Waals surface area contributed by atoms with Gasteiger partial charge in [0, 0.05) is 0 Å². The van der Waals surface area contributed by atoms with E-state index < -0.39 is 11.9 Å². The summed E-state index contributed by atoms with van der Waals surface area (Å²) >= 11 is 0. The maximum atomic E-state index is 13.3. The van der Waals surface area contributed by atoms with Crippen LogP contribution < -0.4 is 18.9 Å². The lowest BCUT2D eigenvalue weighted by molar-refractivity contribution is 0.0718. The summed E-state index contributed by atoms with van der Waals surface area (Å²) in [5.41, 5.74) is 1.77. The fraction of sp³-hybridized carbons (Fsp3) is 0.600. The van der Waals surface area contributed by atoms with Gasteiger partial charge in [-0.15, -0.1) is 0 Å². The molecule has 56 heavy (non-hydrogen) atoms. The summed E-state index contributed by atoms with van der Waals surface area (Å²) in [6, 6.07) is 19.6. The predicted octanol–water partition coefficient (Wildman–Crippen LogP) is 14.8. The van der Waals surface area contributed by atoms with Crippen LogP contribution in [0, 0.1) is 0 Å². The lowest BCUT2D eigenvalue weighted by atomic mass is 10.0. The zero-order valence-corrected chi connectivity index (χ0v) is 35.4. The Kier molecular flexibility index (Phi) is 25.2. The first-order chi connectivity index (χ1) is 27.5. The Morgan fingerprint density at radius 1 is 0.393 bits per heavy atom. The maximum Gasteiger partial charge on any atom is 0.343 e. The Morgan fingerprint density at radius 3 is 1.18 bits per heavy atom. The van der Waals surface area contributed by atoms with Gasteiger partial charge in [0.2, 0.25) is 0 Å². The van der Waals surface area contributed by atoms with E-state index in [2.05, 4.69) is 20.8 Å². The van der Waals surface area contributed by atoms with E-state index in [9.17, 15) is 9.59 Å². The number of esters is 2. The third-order valence-corrected chi connectivity index (χ3v) is 10.5. The molecule has 0 unspecified atom stereocenters. The van der Waals surface area contributed by atoms with Crippen molar-refractivity contribution in [1.29, 1.82) is 0 Å². The normalized spacial score (nSPS) is 11.1. The second kappa shape index (κ2) is 30.4. The number of ether oxygens (including phenoxy) is 4. The number of benzene rings is 3. The molecule has 3 rings (SSSR count). The van der Waals surface area contributed by atoms with Crippen molar-refractivity contribution in [3.05, 3.63) is 83.4 Å². The Hall–Kier alpha value is -3.80. The number of rotatable bonds is 33. The summed E-state index contributed by atoms with van der Waals surface area (Å²) in [5.74, 6) is 1.57. The van der Waals surface area contributed by atoms with Crippen molar-refractivity contribution in [2.45, 2.75) is 181 Å². The first-order valence-electron chi connectivity index (χ1n) is 22.6. The molecule has 0 fully saturated rings. The van der Waals surface area contributed by atoms with Gasteiger partial charge in [-0.3, -0.25) is 0 Å². The van der Waals surface area contributed by atoms with Crippen LogP contribution in [0.3, 0.4) is 0 Å². The lowest BCUT2D eigenvalue weighted by Gasteiger charge is -2.13. The molecule has 0 amide bonds. The Labute approximate surface area is 340 Å². The number of carbonyl (C=O) groups is 2. The Bertz CT molecular complexity index is 1450. The quantitative estimate of drug-likeness (QED) is 0.0349. The van der Waals surface area contributed by atoms with E-state index in [4.69, 9.17) is 18.9 Å². The smallest absolute Gasteiger partial charge is 0.343 e. The van der Waals surface area contributed by atoms with Crippen molar-refractivity contribution < 1.29 is 28.5 Å². The minimum absolute atomic E-state index is 0.424. The zero-order valence-electron chi connectivity index (χ0n) is 35.4. The third-order valence-electron chi connectivity index (χ3n) is 10.5. The lowest BCUT2D eigenvalue weighted by Crippen LogP contribution is -2.11. The molecule has 0 radical (unpaired) electrons. The van der Waals surface area contributed by atoms with Gasteiger partial charge in [0.1, 0.15) is 23.0 Å². The molecule has 0 saturated carbocycles. The first kappa shape index (κ1) is 46.6. The molecule has 0 bridgehead atoms. The van der Waals surface area contributed by atoms with Crippen molar-refractivity contribution in [2.24, 2.45) is 0 Å². The van der Waals surface area contributed by atoms with Gasteiger partial charge in [0.15, 0.2) is 0 Å². The molecule has 0 N–H and O–H groups in total. The standard InChI is InChI=1S/C50H74O6/c1-4-7-10-13-16-17-18-19-22-25-28-44-41-47(55-49(51)42-29-33-45(34-30-42)53-39-26-23-20-14-11-8-5-2)37-38-48(44)56-50(52)43-31-35-46(36-32-43)54-40-27-24-21-15-12-9-6-3/h29-38,41H,4-28,39-40H2,1-3H3. The fourth-order valence-corrected chi connectivity index (χ4v) is 6.91. The molecule has 0 aliphatic carbocycles. The van der Waals surface area contributed by atoms with Gasteiger partial charge in [-0.2, -0.15) is 0 Å². The number of hydrogen-bond acceptors (Lipinski definition) is 6. The van der Waals surface area contributed by atoms with Gasteiger partial charge in [-0.05, 0) is 98.0 Å². The van der Waals surface area contributed by atoms with E-state index in [0.717, 1.165) is 49.2 Å². The summed E-state index contributed by atoms with van der Waals surface area (Å²) in [4.78, 5) is 26.4. The largest absolute Gasteiger partial charge is 0.494 e. The molecule has 0 atom stereocenters. The molecule has 0 heterocycles. The van der Waals surface area contributed by atoms with Gasteiger partial charge in [0.25, 0.3) is 0 Å². The van der Waals surface area contributed by atoms with E-state index in [-0.39, 0.29) is 0 Å². The monoisotopic (exact) mass is 771 g/mol. The van der Waals surface area contributed by atoms with Crippen LogP contribution in [0.15, 0.2) is 66.7 Å². The Morgan fingerprint density at radius 2 is 0.750 bits per heavy atom. The van der Waals surface area contributed by atoms with Crippen LogP contribution in [-0.2, 0) is 6.42 Å². The Balaban J connectivity index is 1.54. The van der Waals surface area contributed by atoms with Crippen LogP contribution in [0.1, 0.15) is 201 Å². The maximum absolute atomic E-state index is 13.3. The van der Waals surface area contributed by atoms with E-state index in [1.807, 2.05) is 30.3 Å². The summed E-state index contributed by atoms with van der Waals surface area (Å²) < 4.78 is 23.6. The number of aryl methyl sites for hydroxylation is 1. The minimum Gasteiger partial charge on any atom is -0.494 e. The number of hydrogen-bond donors (Lipinski definition) is 0. The molecule has 0 aliphatic rings. The molecule has 0 saturated heterocycles. The minimum atomic E-state index is -0.437. The van der Waals surface area contributed by atoms with Crippen LogP contribution in [0.25, 0.3) is 0 Å². The molecule has 0 spiro atoms. The van der Waals surface area contributed by atoms with E-state index in [1.165, 1.54) is 128 Å². The molecule has 0 aliphatic heterocycles. The van der Waals surface area contributed by atoms with Crippen LogP contribution >= 0.6 is 0 Å². The molecule has 0 aromatic heterocycles. The predicted molar refractivity (Wildman–Crippen MR) is 232 cm³/mol. The van der Waals surface area contributed by atoms with Crippen LogP contribution in [0.4, 0.5) is 0 Å². The average Bonchev–Trinajstić information content (AvgIpc) is 3.21. The second-order valence-corrected chi connectivity index (χ2v) is 15.5. The summed E-state index contributed by atoms with van der Waals surface area (Å²) in [7, 11) is 0. The van der Waals surface area contributed by atoms with Crippen LogP contribution in [0.2, 0.25) is 0 Å². The van der Waals surface area contributed by atoms with Crippen LogP contribution in [-0.4, -0.2) is 25.2 Å². The highest BCUT2D eigenvalue weighted by Crippen LogP contribution is 2.29. The number of carbonyl (C=O) groups excluding carboxylic acids is 2. The average molecular weight is 771 g/mol. The molecule has 3 aromatic carbocycles. The summed E-state index contributed by atoms with van der Waals surface area (Å²) in [6.07, 6.45) is 30.4. The molecule has 6 heteroatoms. The van der Waals surface area contributed by atoms with Crippen molar-refractivity contribution in [1.82, 2.24) is 0 Å². The van der Waals surface area contributed by atoms with Crippen molar-refractivity contribution in [3.8, 4) is 23.0 Å². The van der Waals surface area contributed by atoms with Crippen molar-refractivity contribution in [3.63, 3.8) is 0 Å². The van der Waals surface area contributed by atoms with Crippen LogP contribution in [0.5, 0.6) is 23.0 Å². The molecule has 310 valence electrons. The third kappa shape index (κ3) is 20.4. The van der Waals surface area contributed by atoms with Gasteiger partial charge in [-0.1, -0.05) is 156 Å². The SMILES string of the molecule is CCCCCCCCCCCCc1cc(OC(=O)c2ccc(OCCCCCCCCC)cc2)ccc1OC(=O)c1ccc(OCCCCCCCCC)cc1. The highest BCUT2D eigenvalue weighted by atomic mass is 16.5. The summed E-state index contributed by atoms with van der Waals surface area (Å²) in [5, 5.41) is 0. The van der Waals surface area contributed by atoms with Crippen molar-refractivity contribution in [2.75, 3.05) is 13.2 Å². The fourth-order valence-electron chi connectivity index (χ4n) is 6.91. The van der Waals surface area contributed by atoms with Gasteiger partial charge < -0.3 is 18.9 Å². The van der Waals surface area contributed by atoms with Gasteiger partial charge >= 0.3 is 11.9 Å². The molecular formula is C50H74O6. The van der Waals surface area contributed by atoms with Gasteiger partial charge in [0.05, 0.1) is 24.3 Å². The highest BCUT2D eigenvalue weighted by molar-refractivity contribution is 5.92. The van der Waals surface area contributed by atoms with E-state index in [0.29, 0.717) is 35.8 Å². The summed E-state index contributed by atoms with van der Waals surface area (Å²) in [6.45, 7) is 8.08. The van der Waals surface area contributed by atoms with E-state index in [1.54, 1.807) is 36.4 Å². The van der Waals surface area contributed by atoms with Gasteiger partial charge in [-0.25, -0.2) is 9.59 Å². The molecular weight excluding hydrogens is 697 g/mol. The molecule has 3 aromatic rings. The first-order valence-corrected chi connectivity index (χ1v) is 22.6. The zero-order chi connectivity index (χ0) is 39.9. The van der Waals surface area contributed by atoms with Crippen molar-refractivity contribution >= 4 is 11.9 Å². The number of unbranched alkanes of at least 4 members (excludes halogenated alkanes) is 21. The highest BCUT2D eigenvalue weighted by Gasteiger charge is 2.16. The topological polar surface area (TPSA) is 71.1 Å². The van der Waals surface area contributed by atoms with E-state index >= 15 is 0 Å².